The summed E-state index contributed by atoms with van der Waals surface area (Å²) in [6.45, 7) is 6.52. The molecule has 0 radical (unpaired) electrons. The van der Waals surface area contributed by atoms with E-state index in [1.807, 2.05) is 13.8 Å². The molecule has 0 saturated heterocycles. The molecule has 0 aromatic heterocycles. The average Bonchev–Trinajstić information content (AvgIpc) is 2.32. The number of nitrogens with two attached hydrogens (primary N) is 1. The minimum absolute atomic E-state index is 0.359. The molecule has 0 heterocycles. The van der Waals surface area contributed by atoms with Crippen molar-refractivity contribution in [2.45, 2.75) is 33.4 Å². The molecule has 0 aliphatic rings. The molecule has 0 aliphatic carbocycles. The van der Waals surface area contributed by atoms with Gasteiger partial charge in [-0.25, -0.2) is 8.78 Å². The molecule has 4 nitrogen and oxygen atoms in total. The number of carbonyl (C=O) groups is 1. The molecule has 0 fully saturated rings. The van der Waals surface area contributed by atoms with Gasteiger partial charge in [0.25, 0.3) is 5.91 Å². The van der Waals surface area contributed by atoms with Gasteiger partial charge >= 0.3 is 0 Å². The van der Waals surface area contributed by atoms with E-state index in [4.69, 9.17) is 10.5 Å². The van der Waals surface area contributed by atoms with Crippen LogP contribution in [-0.4, -0.2) is 18.6 Å². The molecule has 1 aromatic rings. The van der Waals surface area contributed by atoms with Crippen molar-refractivity contribution in [3.05, 3.63) is 29.3 Å². The minimum atomic E-state index is -1.09. The molecule has 0 aliphatic heterocycles. The van der Waals surface area contributed by atoms with Crippen LogP contribution in [0.4, 0.5) is 8.78 Å². The maximum atomic E-state index is 13.8. The molecule has 1 atom stereocenters. The molecule has 112 valence electrons. The normalized spacial score (nSPS) is 12.5. The van der Waals surface area contributed by atoms with Crippen LogP contribution in [0.5, 0.6) is 5.75 Å². The summed E-state index contributed by atoms with van der Waals surface area (Å²) < 4.78 is 32.4. The van der Waals surface area contributed by atoms with Crippen LogP contribution in [0.25, 0.3) is 0 Å². The van der Waals surface area contributed by atoms with Gasteiger partial charge in [0, 0.05) is 6.54 Å². The summed E-state index contributed by atoms with van der Waals surface area (Å²) in [7, 11) is 0. The first-order valence-electron chi connectivity index (χ1n) is 6.45. The van der Waals surface area contributed by atoms with Gasteiger partial charge in [0.05, 0.1) is 0 Å². The Balaban J connectivity index is 2.78. The van der Waals surface area contributed by atoms with Gasteiger partial charge in [0.15, 0.2) is 23.5 Å². The predicted molar refractivity (Wildman–Crippen MR) is 72.2 cm³/mol. The van der Waals surface area contributed by atoms with E-state index in [1.165, 1.54) is 19.1 Å². The third kappa shape index (κ3) is 4.77. The van der Waals surface area contributed by atoms with Crippen molar-refractivity contribution in [1.29, 1.82) is 0 Å². The summed E-state index contributed by atoms with van der Waals surface area (Å²) in [5.74, 6) is -2.61. The van der Waals surface area contributed by atoms with E-state index in [0.29, 0.717) is 18.0 Å². The number of ether oxygens (including phenoxy) is 1. The summed E-state index contributed by atoms with van der Waals surface area (Å²) in [6, 6.07) is 2.36. The number of rotatable bonds is 7. The predicted octanol–water partition coefficient (Wildman–Crippen LogP) is 1.96. The van der Waals surface area contributed by atoms with E-state index in [1.54, 1.807) is 0 Å². The third-order valence-electron chi connectivity index (χ3n) is 2.64. The zero-order valence-electron chi connectivity index (χ0n) is 11.9. The maximum Gasteiger partial charge on any atom is 0.258 e. The van der Waals surface area contributed by atoms with Crippen LogP contribution in [-0.2, 0) is 11.3 Å². The molecule has 1 amide bonds. The smallest absolute Gasteiger partial charge is 0.258 e. The second kappa shape index (κ2) is 7.19. The first-order chi connectivity index (χ1) is 9.31. The lowest BCUT2D eigenvalue weighted by molar-refractivity contribution is -0.124. The van der Waals surface area contributed by atoms with E-state index >= 15 is 0 Å². The Labute approximate surface area is 117 Å². The van der Waals surface area contributed by atoms with Crippen molar-refractivity contribution in [3.63, 3.8) is 0 Å². The lowest BCUT2D eigenvalue weighted by Crippen LogP contribution is -2.31. The van der Waals surface area contributed by atoms with E-state index in [0.717, 1.165) is 6.54 Å². The number of benzene rings is 1. The van der Waals surface area contributed by atoms with E-state index in [2.05, 4.69) is 5.32 Å². The van der Waals surface area contributed by atoms with Crippen LogP contribution in [0.2, 0.25) is 0 Å². The lowest BCUT2D eigenvalue weighted by Gasteiger charge is -2.14. The van der Waals surface area contributed by atoms with Crippen LogP contribution >= 0.6 is 0 Å². The highest BCUT2D eigenvalue weighted by atomic mass is 19.1. The van der Waals surface area contributed by atoms with Crippen molar-refractivity contribution in [2.75, 3.05) is 6.54 Å². The lowest BCUT2D eigenvalue weighted by atomic mass is 10.1. The highest BCUT2D eigenvalue weighted by molar-refractivity contribution is 5.78. The molecule has 0 spiro atoms. The fourth-order valence-corrected chi connectivity index (χ4v) is 1.57. The second-order valence-corrected chi connectivity index (χ2v) is 5.08. The van der Waals surface area contributed by atoms with Gasteiger partial charge in [0.1, 0.15) is 0 Å². The van der Waals surface area contributed by atoms with Crippen molar-refractivity contribution in [2.24, 2.45) is 11.7 Å². The second-order valence-electron chi connectivity index (χ2n) is 5.08. The van der Waals surface area contributed by atoms with Crippen LogP contribution in [0.15, 0.2) is 12.1 Å². The molecule has 1 aromatic carbocycles. The topological polar surface area (TPSA) is 64.3 Å². The molecule has 1 unspecified atom stereocenters. The van der Waals surface area contributed by atoms with Crippen molar-refractivity contribution >= 4 is 5.91 Å². The SMILES string of the molecule is CC(C)CNCc1cc(F)c(OC(C)C(N)=O)c(F)c1. The van der Waals surface area contributed by atoms with E-state index < -0.39 is 29.4 Å². The standard InChI is InChI=1S/C14H20F2N2O2/c1-8(2)6-18-7-10-4-11(15)13(12(16)5-10)20-9(3)14(17)19/h4-5,8-9,18H,6-7H2,1-3H3,(H2,17,19). The zero-order chi connectivity index (χ0) is 15.3. The monoisotopic (exact) mass is 286 g/mol. The fourth-order valence-electron chi connectivity index (χ4n) is 1.57. The van der Waals surface area contributed by atoms with Gasteiger partial charge in [-0.15, -0.1) is 0 Å². The summed E-state index contributed by atoms with van der Waals surface area (Å²) in [5, 5.41) is 3.09. The molecule has 6 heteroatoms. The highest BCUT2D eigenvalue weighted by Crippen LogP contribution is 2.24. The number of halogens is 2. The summed E-state index contributed by atoms with van der Waals surface area (Å²) in [5.41, 5.74) is 5.46. The van der Waals surface area contributed by atoms with Crippen LogP contribution in [0.3, 0.4) is 0 Å². The summed E-state index contributed by atoms with van der Waals surface area (Å²) in [6.07, 6.45) is -1.09. The first-order valence-corrected chi connectivity index (χ1v) is 6.45. The number of hydrogen-bond donors (Lipinski definition) is 2. The van der Waals surface area contributed by atoms with E-state index in [9.17, 15) is 13.6 Å². The third-order valence-corrected chi connectivity index (χ3v) is 2.64. The van der Waals surface area contributed by atoms with E-state index in [-0.39, 0.29) is 0 Å². The van der Waals surface area contributed by atoms with Gasteiger partial charge in [-0.2, -0.15) is 0 Å². The quantitative estimate of drug-likeness (QED) is 0.805. The molecular formula is C14H20F2N2O2. The Morgan fingerprint density at radius 2 is 1.85 bits per heavy atom. The minimum Gasteiger partial charge on any atom is -0.475 e. The number of primary amides is 1. The largest absolute Gasteiger partial charge is 0.475 e. The van der Waals surface area contributed by atoms with Crippen molar-refractivity contribution in [3.8, 4) is 5.75 Å². The molecule has 0 saturated carbocycles. The van der Waals surface area contributed by atoms with Gasteiger partial charge in [-0.3, -0.25) is 4.79 Å². The van der Waals surface area contributed by atoms with Crippen molar-refractivity contribution < 1.29 is 18.3 Å². The molecule has 1 rings (SSSR count). The Kier molecular flexibility index (Phi) is 5.88. The van der Waals surface area contributed by atoms with Gasteiger partial charge < -0.3 is 15.8 Å². The maximum absolute atomic E-state index is 13.8. The highest BCUT2D eigenvalue weighted by Gasteiger charge is 2.18. The summed E-state index contributed by atoms with van der Waals surface area (Å²) in [4.78, 5) is 10.8. The zero-order valence-corrected chi connectivity index (χ0v) is 11.9. The fraction of sp³-hybridized carbons (Fsp3) is 0.500. The van der Waals surface area contributed by atoms with Gasteiger partial charge in [-0.1, -0.05) is 13.8 Å². The Hall–Kier alpha value is -1.69. The van der Waals surface area contributed by atoms with Crippen LogP contribution < -0.4 is 15.8 Å². The molecular weight excluding hydrogens is 266 g/mol. The number of amides is 1. The average molecular weight is 286 g/mol. The summed E-state index contributed by atoms with van der Waals surface area (Å²) >= 11 is 0. The molecule has 0 bridgehead atoms. The number of carbonyl (C=O) groups excluding carboxylic acids is 1. The Morgan fingerprint density at radius 1 is 1.30 bits per heavy atom. The van der Waals surface area contributed by atoms with Gasteiger partial charge in [0.2, 0.25) is 0 Å². The van der Waals surface area contributed by atoms with Crippen LogP contribution in [0, 0.1) is 17.6 Å². The molecule has 3 N–H and O–H groups in total. The van der Waals surface area contributed by atoms with Crippen LogP contribution in [0.1, 0.15) is 26.3 Å². The first kappa shape index (κ1) is 16.4. The Bertz CT molecular complexity index is 455. The van der Waals surface area contributed by atoms with Gasteiger partial charge in [-0.05, 0) is 37.1 Å². The Morgan fingerprint density at radius 3 is 2.30 bits per heavy atom. The number of hydrogen-bond acceptors (Lipinski definition) is 3. The number of nitrogens with one attached hydrogen (secondary N) is 1. The molecule has 20 heavy (non-hydrogen) atoms. The van der Waals surface area contributed by atoms with Crippen molar-refractivity contribution in [1.82, 2.24) is 5.32 Å².